The van der Waals surface area contributed by atoms with E-state index in [1.165, 1.54) is 0 Å². The largest absolute Gasteiger partial charge is 0.480 e. The Kier molecular flexibility index (Phi) is 13.7. The van der Waals surface area contributed by atoms with E-state index in [2.05, 4.69) is 66.3 Å². The second-order valence-electron chi connectivity index (χ2n) is 9.39. The zero-order valence-corrected chi connectivity index (χ0v) is 23.4. The third-order valence-electron chi connectivity index (χ3n) is 6.55. The van der Waals surface area contributed by atoms with Crippen molar-refractivity contribution in [1.82, 2.24) is 15.5 Å². The molecule has 0 saturated carbocycles. The number of carbonyl (C=O) groups excluding carboxylic acids is 1. The summed E-state index contributed by atoms with van der Waals surface area (Å²) in [6.45, 7) is 6.31. The van der Waals surface area contributed by atoms with Gasteiger partial charge in [-0.2, -0.15) is 24.4 Å². The van der Waals surface area contributed by atoms with Gasteiger partial charge in [0, 0.05) is 37.5 Å². The number of nitrogens with zero attached hydrogens (tertiary/aromatic N) is 1. The van der Waals surface area contributed by atoms with E-state index in [9.17, 15) is 14.7 Å². The quantitative estimate of drug-likeness (QED) is 0.198. The molecule has 2 aromatic carbocycles. The maximum absolute atomic E-state index is 13.0. The topological polar surface area (TPSA) is 108 Å². The molecule has 9 heteroatoms. The Morgan fingerprint density at radius 1 is 1.19 bits per heavy atom. The van der Waals surface area contributed by atoms with Crippen LogP contribution in [0.25, 0.3) is 10.8 Å². The number of benzene rings is 2. The number of fused-ring (bicyclic) bond motifs is 1. The highest BCUT2D eigenvalue weighted by molar-refractivity contribution is 7.98. The van der Waals surface area contributed by atoms with Gasteiger partial charge < -0.3 is 21.5 Å². The van der Waals surface area contributed by atoms with Gasteiger partial charge in [-0.15, -0.1) is 0 Å². The number of carboxylic acids is 1. The number of hydrogen-bond donors (Lipinski definition) is 5. The fourth-order valence-corrected chi connectivity index (χ4v) is 4.77. The Hall–Kier alpha value is -1.78. The van der Waals surface area contributed by atoms with Gasteiger partial charge in [0.15, 0.2) is 0 Å². The van der Waals surface area contributed by atoms with E-state index in [-0.39, 0.29) is 24.5 Å². The second-order valence-corrected chi connectivity index (χ2v) is 10.7. The first-order valence-electron chi connectivity index (χ1n) is 12.6. The van der Waals surface area contributed by atoms with Crippen LogP contribution in [0.3, 0.4) is 0 Å². The summed E-state index contributed by atoms with van der Waals surface area (Å²) < 4.78 is 0. The van der Waals surface area contributed by atoms with Crippen LogP contribution in [-0.4, -0.2) is 77.4 Å². The Morgan fingerprint density at radius 3 is 2.58 bits per heavy atom. The van der Waals surface area contributed by atoms with Crippen molar-refractivity contribution < 1.29 is 14.7 Å². The first-order chi connectivity index (χ1) is 17.3. The molecule has 36 heavy (non-hydrogen) atoms. The van der Waals surface area contributed by atoms with Crippen LogP contribution in [-0.2, 0) is 16.1 Å². The molecule has 0 fully saturated rings. The molecule has 0 radical (unpaired) electrons. The summed E-state index contributed by atoms with van der Waals surface area (Å²) in [5.74, 6) is 0.345. The van der Waals surface area contributed by atoms with E-state index in [0.717, 1.165) is 22.8 Å². The number of aliphatic carboxylic acids is 1. The molecular weight excluding hydrogens is 492 g/mol. The van der Waals surface area contributed by atoms with E-state index in [0.29, 0.717) is 43.5 Å². The van der Waals surface area contributed by atoms with Crippen molar-refractivity contribution in [2.75, 3.05) is 37.4 Å². The fourth-order valence-electron chi connectivity index (χ4n) is 4.17. The van der Waals surface area contributed by atoms with Crippen molar-refractivity contribution in [2.45, 2.75) is 51.4 Å². The van der Waals surface area contributed by atoms with Crippen LogP contribution in [0.4, 0.5) is 0 Å². The predicted molar refractivity (Wildman–Crippen MR) is 155 cm³/mol. The molecule has 0 aliphatic carbocycles. The van der Waals surface area contributed by atoms with Crippen LogP contribution in [0, 0.1) is 5.92 Å². The third-order valence-corrected chi connectivity index (χ3v) is 7.66. The Bertz CT molecular complexity index is 956. The fraction of sp³-hybridized carbons (Fsp3) is 0.556. The summed E-state index contributed by atoms with van der Waals surface area (Å²) in [5.41, 5.74) is 7.24. The average Bonchev–Trinajstić information content (AvgIpc) is 2.88. The zero-order chi connectivity index (χ0) is 26.5. The van der Waals surface area contributed by atoms with Gasteiger partial charge in [0.05, 0.1) is 6.54 Å². The zero-order valence-electron chi connectivity index (χ0n) is 21.7. The average molecular weight is 535 g/mol. The molecule has 0 unspecified atom stereocenters. The highest BCUT2D eigenvalue weighted by Crippen LogP contribution is 2.21. The van der Waals surface area contributed by atoms with Gasteiger partial charge in [0.25, 0.3) is 0 Å². The molecule has 0 bridgehead atoms. The van der Waals surface area contributed by atoms with Crippen LogP contribution >= 0.6 is 24.4 Å². The van der Waals surface area contributed by atoms with Crippen molar-refractivity contribution in [2.24, 2.45) is 11.7 Å². The van der Waals surface area contributed by atoms with Crippen molar-refractivity contribution in [3.8, 4) is 0 Å². The lowest BCUT2D eigenvalue weighted by Gasteiger charge is -2.32. The summed E-state index contributed by atoms with van der Waals surface area (Å²) in [6.07, 6.45) is 3.30. The highest BCUT2D eigenvalue weighted by atomic mass is 32.2. The number of carboxylic acid groups (broad SMARTS) is 1. The lowest BCUT2D eigenvalue weighted by molar-refractivity contribution is -0.142. The maximum atomic E-state index is 13.0. The predicted octanol–water partition coefficient (Wildman–Crippen LogP) is 3.23. The molecule has 0 heterocycles. The molecule has 200 valence electrons. The summed E-state index contributed by atoms with van der Waals surface area (Å²) in [4.78, 5) is 26.8. The molecular formula is C27H42N4O3S2. The number of thiol groups is 1. The molecule has 7 nitrogen and oxygen atoms in total. The van der Waals surface area contributed by atoms with Crippen molar-refractivity contribution in [3.63, 3.8) is 0 Å². The summed E-state index contributed by atoms with van der Waals surface area (Å²) in [7, 11) is 0. The molecule has 4 atom stereocenters. The molecule has 0 aliphatic heterocycles. The molecule has 0 saturated heterocycles. The van der Waals surface area contributed by atoms with Crippen molar-refractivity contribution >= 4 is 47.0 Å². The molecule has 5 N–H and O–H groups in total. The van der Waals surface area contributed by atoms with Gasteiger partial charge in [0.2, 0.25) is 5.91 Å². The number of nitrogens with one attached hydrogen (secondary N) is 2. The molecule has 2 aromatic rings. The SMILES string of the molecule is CC[C@H](C)[C@@H](CN(CC(=O)N[C@@H](CCSC)C(=O)O)Cc1cccc2ccccc12)NC[C@@H](N)CS. The first kappa shape index (κ1) is 30.4. The van der Waals surface area contributed by atoms with E-state index >= 15 is 0 Å². The van der Waals surface area contributed by atoms with E-state index in [4.69, 9.17) is 5.73 Å². The number of carbonyl (C=O) groups is 2. The highest BCUT2D eigenvalue weighted by Gasteiger charge is 2.24. The molecule has 1 amide bonds. The molecule has 0 spiro atoms. The lowest BCUT2D eigenvalue weighted by Crippen LogP contribution is -2.51. The minimum absolute atomic E-state index is 0.0533. The van der Waals surface area contributed by atoms with Gasteiger partial charge in [-0.05, 0) is 40.7 Å². The number of rotatable bonds is 17. The smallest absolute Gasteiger partial charge is 0.326 e. The lowest BCUT2D eigenvalue weighted by atomic mass is 9.97. The van der Waals surface area contributed by atoms with Crippen molar-refractivity contribution in [1.29, 1.82) is 0 Å². The minimum atomic E-state index is -1.00. The van der Waals surface area contributed by atoms with Gasteiger partial charge >= 0.3 is 5.97 Å². The summed E-state index contributed by atoms with van der Waals surface area (Å²) in [6, 6.07) is 13.6. The van der Waals surface area contributed by atoms with Crippen LogP contribution < -0.4 is 16.4 Å². The molecule has 0 aliphatic rings. The maximum Gasteiger partial charge on any atom is 0.326 e. The van der Waals surface area contributed by atoms with Gasteiger partial charge in [-0.1, -0.05) is 62.7 Å². The van der Waals surface area contributed by atoms with Gasteiger partial charge in [-0.25, -0.2) is 4.79 Å². The summed E-state index contributed by atoms with van der Waals surface area (Å²) >= 11 is 5.87. The minimum Gasteiger partial charge on any atom is -0.480 e. The van der Waals surface area contributed by atoms with Crippen LogP contribution in [0.1, 0.15) is 32.3 Å². The van der Waals surface area contributed by atoms with Crippen LogP contribution in [0.2, 0.25) is 0 Å². The standard InChI is InChI=1S/C27H42N4O3S2/c1-4-19(2)25(29-14-22(28)18-35)16-31(17-26(32)30-24(27(33)34)12-13-36-3)15-21-10-7-9-20-8-5-6-11-23(20)21/h5-11,19,22,24-25,29,35H,4,12-18,28H2,1-3H3,(H,30,32)(H,33,34)/t19-,22+,24-,25+/m0/s1. The van der Waals surface area contributed by atoms with Crippen molar-refractivity contribution in [3.05, 3.63) is 48.0 Å². The van der Waals surface area contributed by atoms with Crippen LogP contribution in [0.15, 0.2) is 42.5 Å². The third kappa shape index (κ3) is 9.94. The molecule has 2 rings (SSSR count). The Morgan fingerprint density at radius 2 is 1.92 bits per heavy atom. The van der Waals surface area contributed by atoms with Gasteiger partial charge in [0.1, 0.15) is 6.04 Å². The Balaban J connectivity index is 2.26. The number of hydrogen-bond acceptors (Lipinski definition) is 7. The monoisotopic (exact) mass is 534 g/mol. The number of amides is 1. The second kappa shape index (κ2) is 16.1. The van der Waals surface area contributed by atoms with E-state index < -0.39 is 12.0 Å². The number of thioether (sulfide) groups is 1. The van der Waals surface area contributed by atoms with Crippen LogP contribution in [0.5, 0.6) is 0 Å². The van der Waals surface area contributed by atoms with Gasteiger partial charge in [-0.3, -0.25) is 9.69 Å². The summed E-state index contributed by atoms with van der Waals surface area (Å²) in [5, 5.41) is 18.2. The molecule has 0 aromatic heterocycles. The Labute approximate surface area is 225 Å². The first-order valence-corrected chi connectivity index (χ1v) is 14.6. The number of nitrogens with two attached hydrogens (primary N) is 1. The van der Waals surface area contributed by atoms with E-state index in [1.807, 2.05) is 24.5 Å². The van der Waals surface area contributed by atoms with E-state index in [1.54, 1.807) is 11.8 Å². The normalized spacial score (nSPS) is 14.9.